The Balaban J connectivity index is 1.86. The second-order valence-corrected chi connectivity index (χ2v) is 5.64. The van der Waals surface area contributed by atoms with Crippen LogP contribution in [0.15, 0.2) is 40.9 Å². The Morgan fingerprint density at radius 3 is 2.58 bits per heavy atom. The largest absolute Gasteiger partial charge is 0.447 e. The summed E-state index contributed by atoms with van der Waals surface area (Å²) >= 11 is 0. The molecule has 0 fully saturated rings. The SMILES string of the molecule is CC[C@H](CNC(=O)[C@@H](C)OC(=O)c1cc(C)no1)c1ccccc1. The maximum Gasteiger partial charge on any atom is 0.377 e. The van der Waals surface area contributed by atoms with Gasteiger partial charge in [0, 0.05) is 18.5 Å². The van der Waals surface area contributed by atoms with Crippen molar-refractivity contribution in [2.45, 2.75) is 39.2 Å². The topological polar surface area (TPSA) is 81.4 Å². The lowest BCUT2D eigenvalue weighted by molar-refractivity contribution is -0.129. The molecule has 0 spiro atoms. The van der Waals surface area contributed by atoms with E-state index in [0.717, 1.165) is 6.42 Å². The molecule has 2 rings (SSSR count). The first-order valence-electron chi connectivity index (χ1n) is 7.98. The highest BCUT2D eigenvalue weighted by atomic mass is 16.6. The third-order valence-electron chi connectivity index (χ3n) is 3.77. The number of nitrogens with zero attached hydrogens (tertiary/aromatic N) is 1. The van der Waals surface area contributed by atoms with Crippen molar-refractivity contribution < 1.29 is 18.8 Å². The quantitative estimate of drug-likeness (QED) is 0.790. The first kappa shape index (κ1) is 17.7. The molecule has 0 radical (unpaired) electrons. The fraction of sp³-hybridized carbons (Fsp3) is 0.389. The summed E-state index contributed by atoms with van der Waals surface area (Å²) in [5, 5.41) is 6.45. The molecule has 1 aromatic heterocycles. The number of benzene rings is 1. The first-order valence-corrected chi connectivity index (χ1v) is 7.98. The van der Waals surface area contributed by atoms with Gasteiger partial charge in [-0.3, -0.25) is 4.79 Å². The standard InChI is InChI=1S/C18H22N2O4/c1-4-14(15-8-6-5-7-9-15)11-19-17(21)13(3)23-18(22)16-10-12(2)20-24-16/h5-10,13-14H,4,11H2,1-3H3,(H,19,21)/t13-,14-/m1/s1. The number of hydrogen-bond donors (Lipinski definition) is 1. The molecule has 1 heterocycles. The van der Waals surface area contributed by atoms with Crippen LogP contribution in [0.3, 0.4) is 0 Å². The molecule has 24 heavy (non-hydrogen) atoms. The average molecular weight is 330 g/mol. The second kappa shape index (κ2) is 8.29. The molecule has 6 nitrogen and oxygen atoms in total. The minimum atomic E-state index is -0.906. The van der Waals surface area contributed by atoms with Gasteiger partial charge in [-0.2, -0.15) is 0 Å². The van der Waals surface area contributed by atoms with Crippen molar-refractivity contribution >= 4 is 11.9 Å². The number of carbonyl (C=O) groups is 2. The minimum Gasteiger partial charge on any atom is -0.447 e. The van der Waals surface area contributed by atoms with Crippen molar-refractivity contribution in [3.63, 3.8) is 0 Å². The number of carbonyl (C=O) groups excluding carboxylic acids is 2. The first-order chi connectivity index (χ1) is 11.5. The van der Waals surface area contributed by atoms with Crippen LogP contribution in [0.25, 0.3) is 0 Å². The molecule has 2 atom stereocenters. The Hall–Kier alpha value is -2.63. The number of aromatic nitrogens is 1. The van der Waals surface area contributed by atoms with Gasteiger partial charge in [0.1, 0.15) is 0 Å². The van der Waals surface area contributed by atoms with Gasteiger partial charge in [-0.1, -0.05) is 42.4 Å². The van der Waals surface area contributed by atoms with Gasteiger partial charge in [0.2, 0.25) is 5.76 Å². The van der Waals surface area contributed by atoms with Crippen LogP contribution in [0.2, 0.25) is 0 Å². The summed E-state index contributed by atoms with van der Waals surface area (Å²) in [5.41, 5.74) is 1.75. The summed E-state index contributed by atoms with van der Waals surface area (Å²) in [6, 6.07) is 11.5. The molecule has 0 saturated carbocycles. The Kier molecular flexibility index (Phi) is 6.12. The lowest BCUT2D eigenvalue weighted by atomic mass is 9.96. The molecule has 0 aliphatic carbocycles. The Bertz CT molecular complexity index is 681. The molecule has 128 valence electrons. The lowest BCUT2D eigenvalue weighted by Crippen LogP contribution is -2.37. The molecular formula is C18H22N2O4. The van der Waals surface area contributed by atoms with Crippen LogP contribution >= 0.6 is 0 Å². The van der Waals surface area contributed by atoms with Crippen LogP contribution in [-0.2, 0) is 9.53 Å². The number of esters is 1. The Morgan fingerprint density at radius 1 is 1.29 bits per heavy atom. The van der Waals surface area contributed by atoms with E-state index in [2.05, 4.69) is 17.4 Å². The van der Waals surface area contributed by atoms with Crippen molar-refractivity contribution in [2.75, 3.05) is 6.54 Å². The third kappa shape index (κ3) is 4.68. The van der Waals surface area contributed by atoms with Gasteiger partial charge >= 0.3 is 5.97 Å². The van der Waals surface area contributed by atoms with Gasteiger partial charge in [-0.25, -0.2) is 4.79 Å². The summed E-state index contributed by atoms with van der Waals surface area (Å²) in [6.07, 6.45) is -0.00769. The van der Waals surface area contributed by atoms with E-state index in [-0.39, 0.29) is 17.6 Å². The average Bonchev–Trinajstić information content (AvgIpc) is 3.02. The molecule has 1 amide bonds. The van der Waals surface area contributed by atoms with E-state index in [1.54, 1.807) is 6.92 Å². The molecule has 1 N–H and O–H groups in total. The number of rotatable bonds is 7. The summed E-state index contributed by atoms with van der Waals surface area (Å²) in [5.74, 6) is -0.833. The van der Waals surface area contributed by atoms with Gasteiger partial charge < -0.3 is 14.6 Å². The monoisotopic (exact) mass is 330 g/mol. The normalized spacial score (nSPS) is 13.1. The van der Waals surface area contributed by atoms with Gasteiger partial charge in [0.15, 0.2) is 6.10 Å². The van der Waals surface area contributed by atoms with Crippen molar-refractivity contribution in [1.29, 1.82) is 0 Å². The predicted octanol–water partition coefficient (Wildman–Crippen LogP) is 2.84. The van der Waals surface area contributed by atoms with Crippen LogP contribution < -0.4 is 5.32 Å². The van der Waals surface area contributed by atoms with Gasteiger partial charge in [0.25, 0.3) is 5.91 Å². The van der Waals surface area contributed by atoms with Crippen LogP contribution in [0, 0.1) is 6.92 Å². The highest BCUT2D eigenvalue weighted by Gasteiger charge is 2.22. The smallest absolute Gasteiger partial charge is 0.377 e. The molecule has 0 bridgehead atoms. The fourth-order valence-electron chi connectivity index (χ4n) is 2.32. The minimum absolute atomic E-state index is 0.0112. The summed E-state index contributed by atoms with van der Waals surface area (Å²) < 4.78 is 9.92. The summed E-state index contributed by atoms with van der Waals surface area (Å²) in [6.45, 7) is 5.78. The lowest BCUT2D eigenvalue weighted by Gasteiger charge is -2.18. The maximum atomic E-state index is 12.1. The number of amides is 1. The molecule has 0 aliphatic rings. The molecule has 0 saturated heterocycles. The predicted molar refractivity (Wildman–Crippen MR) is 88.6 cm³/mol. The zero-order valence-corrected chi connectivity index (χ0v) is 14.1. The van der Waals surface area contributed by atoms with E-state index < -0.39 is 12.1 Å². The van der Waals surface area contributed by atoms with Crippen LogP contribution in [0.1, 0.15) is 48.0 Å². The van der Waals surface area contributed by atoms with Gasteiger partial charge in [-0.05, 0) is 25.8 Å². The van der Waals surface area contributed by atoms with Crippen molar-refractivity contribution in [2.24, 2.45) is 0 Å². The second-order valence-electron chi connectivity index (χ2n) is 5.64. The summed E-state index contributed by atoms with van der Waals surface area (Å²) in [4.78, 5) is 24.0. The fourth-order valence-corrected chi connectivity index (χ4v) is 2.32. The number of hydrogen-bond acceptors (Lipinski definition) is 5. The zero-order valence-electron chi connectivity index (χ0n) is 14.1. The van der Waals surface area contributed by atoms with Crippen molar-refractivity contribution in [3.8, 4) is 0 Å². The Labute approximate surface area is 141 Å². The number of ether oxygens (including phenoxy) is 1. The highest BCUT2D eigenvalue weighted by molar-refractivity contribution is 5.89. The molecule has 2 aromatic rings. The van der Waals surface area contributed by atoms with E-state index in [1.165, 1.54) is 18.6 Å². The van der Waals surface area contributed by atoms with E-state index >= 15 is 0 Å². The molecule has 6 heteroatoms. The number of aryl methyl sites for hydroxylation is 1. The highest BCUT2D eigenvalue weighted by Crippen LogP contribution is 2.18. The Morgan fingerprint density at radius 2 is 2.00 bits per heavy atom. The maximum absolute atomic E-state index is 12.1. The van der Waals surface area contributed by atoms with Crippen LogP contribution in [0.5, 0.6) is 0 Å². The van der Waals surface area contributed by atoms with Crippen LogP contribution in [-0.4, -0.2) is 29.7 Å². The van der Waals surface area contributed by atoms with Gasteiger partial charge in [0.05, 0.1) is 5.69 Å². The third-order valence-corrected chi connectivity index (χ3v) is 3.77. The molecule has 1 aromatic carbocycles. The molecule has 0 aliphatic heterocycles. The van der Waals surface area contributed by atoms with E-state index in [1.807, 2.05) is 30.3 Å². The van der Waals surface area contributed by atoms with Crippen molar-refractivity contribution in [3.05, 3.63) is 53.4 Å². The van der Waals surface area contributed by atoms with Gasteiger partial charge in [-0.15, -0.1) is 0 Å². The van der Waals surface area contributed by atoms with Crippen LogP contribution in [0.4, 0.5) is 0 Å². The zero-order chi connectivity index (χ0) is 17.5. The molecule has 0 unspecified atom stereocenters. The van der Waals surface area contributed by atoms with Crippen molar-refractivity contribution in [1.82, 2.24) is 10.5 Å². The molecular weight excluding hydrogens is 308 g/mol. The number of nitrogens with one attached hydrogen (secondary N) is 1. The van der Waals surface area contributed by atoms with E-state index in [0.29, 0.717) is 12.2 Å². The van der Waals surface area contributed by atoms with E-state index in [4.69, 9.17) is 9.26 Å². The van der Waals surface area contributed by atoms with E-state index in [9.17, 15) is 9.59 Å². The summed E-state index contributed by atoms with van der Waals surface area (Å²) in [7, 11) is 0.